The summed E-state index contributed by atoms with van der Waals surface area (Å²) in [6.45, 7) is 14.0. The van der Waals surface area contributed by atoms with E-state index in [1.54, 1.807) is 5.57 Å². The third-order valence-electron chi connectivity index (χ3n) is 10.1. The maximum atomic E-state index is 10.2. The Hall–Kier alpha value is -0.560. The summed E-state index contributed by atoms with van der Waals surface area (Å²) in [5.41, 5.74) is 3.91. The van der Waals surface area contributed by atoms with E-state index in [1.807, 2.05) is 0 Å². The zero-order valence-corrected chi connectivity index (χ0v) is 19.0. The van der Waals surface area contributed by atoms with E-state index in [0.717, 1.165) is 42.4 Å². The Morgan fingerprint density at radius 3 is 2.71 bits per heavy atom. The molecule has 1 N–H and O–H groups in total. The molecule has 4 aliphatic rings. The Morgan fingerprint density at radius 1 is 1.18 bits per heavy atom. The van der Waals surface area contributed by atoms with Gasteiger partial charge in [-0.2, -0.15) is 0 Å². The molecule has 0 heterocycles. The van der Waals surface area contributed by atoms with Gasteiger partial charge in [0.1, 0.15) is 0 Å². The third-order valence-corrected chi connectivity index (χ3v) is 10.1. The van der Waals surface area contributed by atoms with Crippen molar-refractivity contribution in [2.45, 2.75) is 104 Å². The molecular weight excluding hydrogens is 340 g/mol. The summed E-state index contributed by atoms with van der Waals surface area (Å²) < 4.78 is 0. The number of fused-ring (bicyclic) bond motifs is 5. The first-order valence-electron chi connectivity index (χ1n) is 12.3. The number of aliphatic hydroxyl groups is 1. The average Bonchev–Trinajstić information content (AvgIpc) is 2.99. The smallest absolute Gasteiger partial charge is 0.0577 e. The molecule has 4 rings (SSSR count). The highest BCUT2D eigenvalue weighted by Gasteiger charge is 2.59. The molecule has 4 aliphatic carbocycles. The van der Waals surface area contributed by atoms with Crippen LogP contribution in [0.2, 0.25) is 0 Å². The SMILES string of the molecule is C=C(C)CCCC(C)C1CCC2C3CC=C4C[C@@H](O)CCC4(C)C3CCC12C. The number of rotatable bonds is 5. The van der Waals surface area contributed by atoms with Gasteiger partial charge in [-0.05, 0) is 112 Å². The van der Waals surface area contributed by atoms with Gasteiger partial charge in [0.25, 0.3) is 0 Å². The molecule has 0 amide bonds. The first-order chi connectivity index (χ1) is 13.3. The van der Waals surface area contributed by atoms with Gasteiger partial charge < -0.3 is 5.11 Å². The van der Waals surface area contributed by atoms with E-state index in [2.05, 4.69) is 40.3 Å². The normalized spacial score (nSPS) is 46.2. The zero-order valence-electron chi connectivity index (χ0n) is 19.0. The second kappa shape index (κ2) is 7.60. The number of aliphatic hydroxyl groups excluding tert-OH is 1. The molecule has 7 unspecified atom stereocenters. The predicted molar refractivity (Wildman–Crippen MR) is 119 cm³/mol. The van der Waals surface area contributed by atoms with Crippen LogP contribution >= 0.6 is 0 Å². The van der Waals surface area contributed by atoms with Crippen LogP contribution in [0, 0.1) is 40.4 Å². The van der Waals surface area contributed by atoms with Crippen molar-refractivity contribution in [2.24, 2.45) is 40.4 Å². The summed E-state index contributed by atoms with van der Waals surface area (Å²) in [4.78, 5) is 0. The molecule has 0 saturated heterocycles. The minimum Gasteiger partial charge on any atom is -0.393 e. The van der Waals surface area contributed by atoms with E-state index in [0.29, 0.717) is 10.8 Å². The molecule has 8 atom stereocenters. The lowest BCUT2D eigenvalue weighted by Gasteiger charge is -2.58. The van der Waals surface area contributed by atoms with E-state index < -0.39 is 0 Å². The van der Waals surface area contributed by atoms with Gasteiger partial charge in [-0.3, -0.25) is 0 Å². The fourth-order valence-corrected chi connectivity index (χ4v) is 8.54. The van der Waals surface area contributed by atoms with E-state index in [9.17, 15) is 5.11 Å². The van der Waals surface area contributed by atoms with Crippen LogP contribution in [0.15, 0.2) is 23.8 Å². The zero-order chi connectivity index (χ0) is 20.1. The van der Waals surface area contributed by atoms with Gasteiger partial charge in [0.05, 0.1) is 6.10 Å². The minimum absolute atomic E-state index is 0.0827. The van der Waals surface area contributed by atoms with Gasteiger partial charge in [-0.25, -0.2) is 0 Å². The van der Waals surface area contributed by atoms with Gasteiger partial charge >= 0.3 is 0 Å². The highest BCUT2D eigenvalue weighted by molar-refractivity contribution is 5.25. The standard InChI is InChI=1S/C27H44O/c1-18(2)7-6-8-19(3)23-11-12-24-22-10-9-20-17-21(28)13-15-26(20,4)25(22)14-16-27(23,24)5/h9,19,21-25,28H,1,6-8,10-17H2,2-5H3/t19?,21-,22?,23?,24?,25?,26?,27?/m0/s1. The van der Waals surface area contributed by atoms with Crippen molar-refractivity contribution in [3.05, 3.63) is 23.8 Å². The maximum absolute atomic E-state index is 10.2. The summed E-state index contributed by atoms with van der Waals surface area (Å²) >= 11 is 0. The molecule has 158 valence electrons. The Morgan fingerprint density at radius 2 is 1.96 bits per heavy atom. The second-order valence-electron chi connectivity index (χ2n) is 11.7. The summed E-state index contributed by atoms with van der Waals surface area (Å²) in [7, 11) is 0. The summed E-state index contributed by atoms with van der Waals surface area (Å²) in [5.74, 6) is 4.49. The molecule has 0 bridgehead atoms. The Balaban J connectivity index is 1.50. The Kier molecular flexibility index (Phi) is 5.62. The molecular formula is C27H44O. The fourth-order valence-electron chi connectivity index (χ4n) is 8.54. The van der Waals surface area contributed by atoms with Crippen molar-refractivity contribution in [2.75, 3.05) is 0 Å². The predicted octanol–water partition coefficient (Wildman–Crippen LogP) is 7.31. The summed E-state index contributed by atoms with van der Waals surface area (Å²) in [5, 5.41) is 10.2. The van der Waals surface area contributed by atoms with E-state index in [-0.39, 0.29) is 6.10 Å². The van der Waals surface area contributed by atoms with Crippen LogP contribution in [0.4, 0.5) is 0 Å². The molecule has 28 heavy (non-hydrogen) atoms. The average molecular weight is 385 g/mol. The monoisotopic (exact) mass is 384 g/mol. The van der Waals surface area contributed by atoms with Crippen LogP contribution in [-0.4, -0.2) is 11.2 Å². The van der Waals surface area contributed by atoms with Crippen LogP contribution in [0.3, 0.4) is 0 Å². The maximum Gasteiger partial charge on any atom is 0.0577 e. The molecule has 0 aromatic carbocycles. The second-order valence-corrected chi connectivity index (χ2v) is 11.7. The lowest BCUT2D eigenvalue weighted by molar-refractivity contribution is -0.0572. The van der Waals surface area contributed by atoms with Crippen LogP contribution in [-0.2, 0) is 0 Å². The van der Waals surface area contributed by atoms with Gasteiger partial charge in [-0.15, -0.1) is 6.58 Å². The van der Waals surface area contributed by atoms with Crippen LogP contribution in [0.1, 0.15) is 98.3 Å². The van der Waals surface area contributed by atoms with Crippen molar-refractivity contribution < 1.29 is 5.11 Å². The van der Waals surface area contributed by atoms with Gasteiger partial charge in [0.2, 0.25) is 0 Å². The first kappa shape index (κ1) is 20.7. The minimum atomic E-state index is -0.0827. The molecule has 0 spiro atoms. The van der Waals surface area contributed by atoms with Crippen molar-refractivity contribution in [1.29, 1.82) is 0 Å². The lowest BCUT2D eigenvalue weighted by atomic mass is 9.47. The molecule has 0 aliphatic heterocycles. The topological polar surface area (TPSA) is 20.2 Å². The van der Waals surface area contributed by atoms with E-state index >= 15 is 0 Å². The molecule has 1 nitrogen and oxygen atoms in total. The largest absolute Gasteiger partial charge is 0.393 e. The van der Waals surface area contributed by atoms with Crippen LogP contribution in [0.25, 0.3) is 0 Å². The molecule has 0 aromatic rings. The van der Waals surface area contributed by atoms with Crippen LogP contribution in [0.5, 0.6) is 0 Å². The van der Waals surface area contributed by atoms with Gasteiger partial charge in [0, 0.05) is 0 Å². The van der Waals surface area contributed by atoms with Crippen molar-refractivity contribution in [3.8, 4) is 0 Å². The number of hydrogen-bond acceptors (Lipinski definition) is 1. The van der Waals surface area contributed by atoms with Gasteiger partial charge in [-0.1, -0.05) is 44.4 Å². The highest BCUT2D eigenvalue weighted by atomic mass is 16.3. The number of allylic oxidation sites excluding steroid dienone is 2. The quantitative estimate of drug-likeness (QED) is 0.493. The number of hydrogen-bond donors (Lipinski definition) is 1. The Bertz CT molecular complexity index is 632. The lowest BCUT2D eigenvalue weighted by Crippen LogP contribution is -2.50. The third kappa shape index (κ3) is 3.34. The van der Waals surface area contributed by atoms with Crippen molar-refractivity contribution in [3.63, 3.8) is 0 Å². The fraction of sp³-hybridized carbons (Fsp3) is 0.852. The molecule has 1 heteroatoms. The summed E-state index contributed by atoms with van der Waals surface area (Å²) in [6, 6.07) is 0. The first-order valence-corrected chi connectivity index (χ1v) is 12.3. The van der Waals surface area contributed by atoms with E-state index in [1.165, 1.54) is 63.4 Å². The highest BCUT2D eigenvalue weighted by Crippen LogP contribution is 2.67. The van der Waals surface area contributed by atoms with E-state index in [4.69, 9.17) is 0 Å². The van der Waals surface area contributed by atoms with Crippen molar-refractivity contribution in [1.82, 2.24) is 0 Å². The molecule has 3 saturated carbocycles. The molecule has 3 fully saturated rings. The van der Waals surface area contributed by atoms with Gasteiger partial charge in [0.15, 0.2) is 0 Å². The van der Waals surface area contributed by atoms with Crippen LogP contribution < -0.4 is 0 Å². The molecule has 0 aromatic heterocycles. The van der Waals surface area contributed by atoms with Crippen molar-refractivity contribution >= 4 is 0 Å². The molecule has 0 radical (unpaired) electrons. The Labute approximate surface area is 174 Å². The summed E-state index contributed by atoms with van der Waals surface area (Å²) in [6.07, 6.45) is 16.7.